The van der Waals surface area contributed by atoms with Gasteiger partial charge in [-0.2, -0.15) is 5.26 Å². The quantitative estimate of drug-likeness (QED) is 0.445. The van der Waals surface area contributed by atoms with Gasteiger partial charge in [-0.25, -0.2) is 4.79 Å². The van der Waals surface area contributed by atoms with Crippen molar-refractivity contribution in [3.63, 3.8) is 0 Å². The lowest BCUT2D eigenvalue weighted by molar-refractivity contribution is -0.144. The van der Waals surface area contributed by atoms with Crippen molar-refractivity contribution in [3.05, 3.63) is 0 Å². The minimum Gasteiger partial charge on any atom is -0.466 e. The maximum absolute atomic E-state index is 11.1. The van der Waals surface area contributed by atoms with E-state index in [0.717, 1.165) is 0 Å². The molecule has 0 aromatic carbocycles. The highest BCUT2D eigenvalue weighted by Crippen LogP contribution is 2.41. The van der Waals surface area contributed by atoms with Crippen molar-refractivity contribution in [1.82, 2.24) is 0 Å². The molecule has 66 valence electrons. The molecule has 4 heteroatoms. The van der Waals surface area contributed by atoms with Gasteiger partial charge in [0, 0.05) is 0 Å². The third-order valence-electron chi connectivity index (χ3n) is 1.92. The van der Waals surface area contributed by atoms with Gasteiger partial charge in [0.2, 0.25) is 0 Å². The summed E-state index contributed by atoms with van der Waals surface area (Å²) in [6, 6.07) is 1.84. The van der Waals surface area contributed by atoms with E-state index in [1.54, 1.807) is 0 Å². The van der Waals surface area contributed by atoms with E-state index in [9.17, 15) is 4.79 Å². The first kappa shape index (κ1) is 9.01. The first-order valence-electron chi connectivity index (χ1n) is 3.76. The number of epoxide rings is 1. The Labute approximate surface area is 71.1 Å². The Morgan fingerprint density at radius 1 is 1.75 bits per heavy atom. The molecule has 12 heavy (non-hydrogen) atoms. The Morgan fingerprint density at radius 3 is 2.58 bits per heavy atom. The van der Waals surface area contributed by atoms with Crippen LogP contribution in [0.5, 0.6) is 0 Å². The van der Waals surface area contributed by atoms with Crippen molar-refractivity contribution in [1.29, 1.82) is 5.26 Å². The van der Waals surface area contributed by atoms with Gasteiger partial charge in [-0.1, -0.05) is 13.8 Å². The van der Waals surface area contributed by atoms with Gasteiger partial charge in [0.15, 0.2) is 0 Å². The number of nitriles is 1. The monoisotopic (exact) mass is 169 g/mol. The highest BCUT2D eigenvalue weighted by Gasteiger charge is 2.66. The van der Waals surface area contributed by atoms with Gasteiger partial charge < -0.3 is 9.47 Å². The average molecular weight is 169 g/mol. The molecule has 0 aliphatic carbocycles. The zero-order chi connectivity index (χ0) is 9.35. The van der Waals surface area contributed by atoms with Crippen molar-refractivity contribution in [2.45, 2.75) is 25.6 Å². The number of ether oxygens (including phenoxy) is 2. The fraction of sp³-hybridized carbons (Fsp3) is 0.750. The predicted octanol–water partition coefficient (Wildman–Crippen LogP) is 0.477. The Morgan fingerprint density at radius 2 is 2.33 bits per heavy atom. The molecule has 0 aromatic heterocycles. The first-order chi connectivity index (χ1) is 5.58. The van der Waals surface area contributed by atoms with Crippen molar-refractivity contribution in [3.8, 4) is 6.07 Å². The van der Waals surface area contributed by atoms with Crippen LogP contribution in [-0.2, 0) is 14.3 Å². The standard InChI is InChI=1S/C8H11NO3/c1-5(2)6-8(4-9,12-6)7(10)11-3/h5-6H,1-3H3. The summed E-state index contributed by atoms with van der Waals surface area (Å²) in [5, 5.41) is 8.70. The molecule has 2 unspecified atom stereocenters. The molecule has 2 atom stereocenters. The number of carbonyl (C=O) groups excluding carboxylic acids is 1. The highest BCUT2D eigenvalue weighted by atomic mass is 16.7. The maximum Gasteiger partial charge on any atom is 0.356 e. The summed E-state index contributed by atoms with van der Waals surface area (Å²) >= 11 is 0. The lowest BCUT2D eigenvalue weighted by atomic mass is 9.99. The van der Waals surface area contributed by atoms with E-state index in [2.05, 4.69) is 4.74 Å². The Hall–Kier alpha value is -1.08. The lowest BCUT2D eigenvalue weighted by Crippen LogP contribution is -2.28. The Kier molecular flexibility index (Phi) is 2.07. The molecule has 1 saturated heterocycles. The largest absolute Gasteiger partial charge is 0.466 e. The summed E-state index contributed by atoms with van der Waals surface area (Å²) in [7, 11) is 1.25. The number of rotatable bonds is 2. The lowest BCUT2D eigenvalue weighted by Gasteiger charge is -2.01. The van der Waals surface area contributed by atoms with Gasteiger partial charge in [-0.05, 0) is 5.92 Å². The predicted molar refractivity (Wildman–Crippen MR) is 40.1 cm³/mol. The van der Waals surface area contributed by atoms with Gasteiger partial charge in [-0.15, -0.1) is 0 Å². The van der Waals surface area contributed by atoms with E-state index in [1.165, 1.54) is 7.11 Å². The van der Waals surface area contributed by atoms with Crippen LogP contribution >= 0.6 is 0 Å². The number of hydrogen-bond donors (Lipinski definition) is 0. The van der Waals surface area contributed by atoms with Gasteiger partial charge in [0.1, 0.15) is 12.2 Å². The Balaban J connectivity index is 2.73. The molecule has 0 saturated carbocycles. The van der Waals surface area contributed by atoms with Crippen LogP contribution in [0.2, 0.25) is 0 Å². The van der Waals surface area contributed by atoms with Gasteiger partial charge in [0.05, 0.1) is 7.11 Å². The highest BCUT2D eigenvalue weighted by molar-refractivity contribution is 5.87. The van der Waals surface area contributed by atoms with Gasteiger partial charge >= 0.3 is 5.97 Å². The van der Waals surface area contributed by atoms with Crippen LogP contribution in [0.25, 0.3) is 0 Å². The third-order valence-corrected chi connectivity index (χ3v) is 1.92. The molecule has 0 aromatic rings. The molecule has 1 fully saturated rings. The topological polar surface area (TPSA) is 62.6 Å². The molecule has 0 spiro atoms. The van der Waals surface area contributed by atoms with E-state index in [4.69, 9.17) is 10.00 Å². The molecular formula is C8H11NO3. The van der Waals surface area contributed by atoms with E-state index in [-0.39, 0.29) is 12.0 Å². The van der Waals surface area contributed by atoms with Gasteiger partial charge in [-0.3, -0.25) is 0 Å². The SMILES string of the molecule is COC(=O)C1(C#N)OC1C(C)C. The second-order valence-electron chi connectivity index (χ2n) is 3.12. The zero-order valence-corrected chi connectivity index (χ0v) is 7.33. The van der Waals surface area contributed by atoms with Crippen molar-refractivity contribution in [2.75, 3.05) is 7.11 Å². The smallest absolute Gasteiger partial charge is 0.356 e. The van der Waals surface area contributed by atoms with Crippen molar-refractivity contribution in [2.24, 2.45) is 5.92 Å². The minimum atomic E-state index is -1.32. The number of nitrogens with zero attached hydrogens (tertiary/aromatic N) is 1. The second-order valence-corrected chi connectivity index (χ2v) is 3.12. The van der Waals surface area contributed by atoms with Crippen LogP contribution in [0, 0.1) is 17.2 Å². The second kappa shape index (κ2) is 2.76. The summed E-state index contributed by atoms with van der Waals surface area (Å²) in [5.41, 5.74) is -1.32. The van der Waals surface area contributed by atoms with Crippen LogP contribution in [0.15, 0.2) is 0 Å². The van der Waals surface area contributed by atoms with E-state index < -0.39 is 11.6 Å². The molecule has 4 nitrogen and oxygen atoms in total. The fourth-order valence-electron chi connectivity index (χ4n) is 1.22. The van der Waals surface area contributed by atoms with E-state index in [1.807, 2.05) is 19.9 Å². The number of esters is 1. The fourth-order valence-corrected chi connectivity index (χ4v) is 1.22. The molecular weight excluding hydrogens is 158 g/mol. The van der Waals surface area contributed by atoms with Gasteiger partial charge in [0.25, 0.3) is 5.60 Å². The maximum atomic E-state index is 11.1. The Bertz CT molecular complexity index is 243. The van der Waals surface area contributed by atoms with Crippen LogP contribution in [-0.4, -0.2) is 24.8 Å². The first-order valence-corrected chi connectivity index (χ1v) is 3.76. The van der Waals surface area contributed by atoms with Crippen LogP contribution in [0.4, 0.5) is 0 Å². The van der Waals surface area contributed by atoms with E-state index >= 15 is 0 Å². The molecule has 1 aliphatic heterocycles. The summed E-state index contributed by atoms with van der Waals surface area (Å²) in [5.74, 6) is -0.438. The third kappa shape index (κ3) is 1.07. The molecule has 1 rings (SSSR count). The van der Waals surface area contributed by atoms with Crippen molar-refractivity contribution >= 4 is 5.97 Å². The van der Waals surface area contributed by atoms with Crippen LogP contribution in [0.3, 0.4) is 0 Å². The molecule has 0 N–H and O–H groups in total. The van der Waals surface area contributed by atoms with Crippen molar-refractivity contribution < 1.29 is 14.3 Å². The molecule has 0 radical (unpaired) electrons. The van der Waals surface area contributed by atoms with Crippen LogP contribution < -0.4 is 0 Å². The molecule has 0 bridgehead atoms. The number of carbonyl (C=O) groups is 1. The molecule has 0 amide bonds. The number of methoxy groups -OCH3 is 1. The number of hydrogen-bond acceptors (Lipinski definition) is 4. The van der Waals surface area contributed by atoms with E-state index in [0.29, 0.717) is 0 Å². The summed E-state index contributed by atoms with van der Waals surface area (Å²) in [4.78, 5) is 11.1. The average Bonchev–Trinajstić information content (AvgIpc) is 2.79. The summed E-state index contributed by atoms with van der Waals surface area (Å²) in [6.07, 6.45) is -0.310. The summed E-state index contributed by atoms with van der Waals surface area (Å²) in [6.45, 7) is 3.79. The zero-order valence-electron chi connectivity index (χ0n) is 7.33. The molecule has 1 heterocycles. The normalized spacial score (nSPS) is 32.8. The molecule has 1 aliphatic rings. The van der Waals surface area contributed by atoms with Crippen LogP contribution in [0.1, 0.15) is 13.8 Å². The minimum absolute atomic E-state index is 0.156. The summed E-state index contributed by atoms with van der Waals surface area (Å²) < 4.78 is 9.49.